The minimum Gasteiger partial charge on any atom is -0.325 e. The molecule has 20 heavy (non-hydrogen) atoms. The third-order valence-corrected chi connectivity index (χ3v) is 2.76. The second-order valence-electron chi connectivity index (χ2n) is 4.15. The third-order valence-electron chi connectivity index (χ3n) is 2.76. The number of anilines is 1. The molecular formula is C14H9F3N2O. The lowest BCUT2D eigenvalue weighted by Gasteiger charge is -2.12. The summed E-state index contributed by atoms with van der Waals surface area (Å²) in [6, 6.07) is 4.56. The molecule has 3 nitrogen and oxygen atoms in total. The minimum atomic E-state index is -4.64. The number of rotatable bonds is 2. The Morgan fingerprint density at radius 1 is 1.25 bits per heavy atom. The molecule has 102 valence electrons. The summed E-state index contributed by atoms with van der Waals surface area (Å²) in [7, 11) is 0. The van der Waals surface area contributed by atoms with Gasteiger partial charge in [-0.1, -0.05) is 24.3 Å². The van der Waals surface area contributed by atoms with Crippen LogP contribution >= 0.6 is 0 Å². The maximum atomic E-state index is 12.8. The van der Waals surface area contributed by atoms with Gasteiger partial charge in [-0.05, 0) is 18.2 Å². The van der Waals surface area contributed by atoms with Gasteiger partial charge in [-0.2, -0.15) is 18.4 Å². The van der Waals surface area contributed by atoms with Crippen LogP contribution in [0, 0.1) is 17.2 Å². The lowest BCUT2D eigenvalue weighted by molar-refractivity contribution is -0.137. The van der Waals surface area contributed by atoms with Gasteiger partial charge in [0.15, 0.2) is 0 Å². The van der Waals surface area contributed by atoms with Crippen molar-refractivity contribution >= 4 is 11.6 Å². The summed E-state index contributed by atoms with van der Waals surface area (Å²) in [5.41, 5.74) is -1.53. The van der Waals surface area contributed by atoms with E-state index < -0.39 is 29.1 Å². The number of hydrogen-bond acceptors (Lipinski definition) is 2. The SMILES string of the molecule is N#Cc1ccc(NC(=O)C2C=CC=C2)cc1C(F)(F)F. The quantitative estimate of drug-likeness (QED) is 0.902. The molecule has 1 aromatic rings. The zero-order valence-corrected chi connectivity index (χ0v) is 10.1. The van der Waals surface area contributed by atoms with Gasteiger partial charge in [0.25, 0.3) is 0 Å². The molecule has 0 spiro atoms. The molecule has 0 saturated heterocycles. The summed E-state index contributed by atoms with van der Waals surface area (Å²) in [6.45, 7) is 0. The first kappa shape index (κ1) is 13.9. The van der Waals surface area contributed by atoms with Gasteiger partial charge in [-0.3, -0.25) is 4.79 Å². The van der Waals surface area contributed by atoms with Crippen LogP contribution in [0.5, 0.6) is 0 Å². The summed E-state index contributed by atoms with van der Waals surface area (Å²) in [6.07, 6.45) is 1.99. The molecular weight excluding hydrogens is 269 g/mol. The molecule has 6 heteroatoms. The second-order valence-corrected chi connectivity index (χ2v) is 4.15. The lowest BCUT2D eigenvalue weighted by Crippen LogP contribution is -2.19. The van der Waals surface area contributed by atoms with Crippen LogP contribution in [0.25, 0.3) is 0 Å². The summed E-state index contributed by atoms with van der Waals surface area (Å²) in [4.78, 5) is 11.8. The average molecular weight is 278 g/mol. The van der Waals surface area contributed by atoms with Crippen LogP contribution in [0.2, 0.25) is 0 Å². The first-order valence-electron chi connectivity index (χ1n) is 5.69. The van der Waals surface area contributed by atoms with Crippen LogP contribution in [-0.2, 0) is 11.0 Å². The van der Waals surface area contributed by atoms with Crippen LogP contribution in [-0.4, -0.2) is 5.91 Å². The number of carbonyl (C=O) groups excluding carboxylic acids is 1. The molecule has 2 rings (SSSR count). The standard InChI is InChI=1S/C14H9F3N2O/c15-14(16,17)12-7-11(6-5-10(12)8-18)19-13(20)9-3-1-2-4-9/h1-7,9H,(H,19,20). The third kappa shape index (κ3) is 2.88. The maximum absolute atomic E-state index is 12.8. The Hall–Kier alpha value is -2.55. The lowest BCUT2D eigenvalue weighted by atomic mass is 10.1. The maximum Gasteiger partial charge on any atom is 0.417 e. The van der Waals surface area contributed by atoms with Gasteiger partial charge < -0.3 is 5.32 Å². The van der Waals surface area contributed by atoms with Crippen molar-refractivity contribution in [1.82, 2.24) is 0 Å². The number of carbonyl (C=O) groups is 1. The highest BCUT2D eigenvalue weighted by Gasteiger charge is 2.34. The van der Waals surface area contributed by atoms with Crippen LogP contribution in [0.4, 0.5) is 18.9 Å². The van der Waals surface area contributed by atoms with E-state index in [0.717, 1.165) is 12.1 Å². The van der Waals surface area contributed by atoms with Gasteiger partial charge in [0.1, 0.15) is 0 Å². The summed E-state index contributed by atoms with van der Waals surface area (Å²) in [5.74, 6) is -0.909. The van der Waals surface area contributed by atoms with Crippen molar-refractivity contribution in [2.24, 2.45) is 5.92 Å². The van der Waals surface area contributed by atoms with Crippen LogP contribution in [0.15, 0.2) is 42.5 Å². The number of benzene rings is 1. The summed E-state index contributed by atoms with van der Waals surface area (Å²) in [5, 5.41) is 11.1. The number of allylic oxidation sites excluding steroid dienone is 2. The Kier molecular flexibility index (Phi) is 3.61. The molecule has 0 fully saturated rings. The number of nitrogens with zero attached hydrogens (tertiary/aromatic N) is 1. The number of hydrogen-bond donors (Lipinski definition) is 1. The van der Waals surface area contributed by atoms with E-state index in [1.807, 2.05) is 0 Å². The van der Waals surface area contributed by atoms with E-state index in [1.54, 1.807) is 24.3 Å². The molecule has 1 aliphatic rings. The Labute approximate surface area is 113 Å². The molecule has 1 aliphatic carbocycles. The fraction of sp³-hybridized carbons (Fsp3) is 0.143. The van der Waals surface area contributed by atoms with E-state index in [0.29, 0.717) is 0 Å². The molecule has 0 heterocycles. The van der Waals surface area contributed by atoms with Gasteiger partial charge in [0.2, 0.25) is 5.91 Å². The van der Waals surface area contributed by atoms with Crippen molar-refractivity contribution in [2.75, 3.05) is 5.32 Å². The van der Waals surface area contributed by atoms with Crippen molar-refractivity contribution in [3.05, 3.63) is 53.6 Å². The van der Waals surface area contributed by atoms with Crippen molar-refractivity contribution < 1.29 is 18.0 Å². The van der Waals surface area contributed by atoms with Gasteiger partial charge >= 0.3 is 6.18 Å². The Morgan fingerprint density at radius 3 is 2.45 bits per heavy atom. The highest BCUT2D eigenvalue weighted by Crippen LogP contribution is 2.33. The number of halogens is 3. The van der Waals surface area contributed by atoms with E-state index in [-0.39, 0.29) is 5.69 Å². The Morgan fingerprint density at radius 2 is 1.90 bits per heavy atom. The zero-order valence-electron chi connectivity index (χ0n) is 10.1. The predicted octanol–water partition coefficient (Wildman–Crippen LogP) is 3.26. The number of nitriles is 1. The zero-order chi connectivity index (χ0) is 14.8. The largest absolute Gasteiger partial charge is 0.417 e. The van der Waals surface area contributed by atoms with E-state index in [1.165, 1.54) is 12.1 Å². The molecule has 0 saturated carbocycles. The molecule has 0 bridgehead atoms. The van der Waals surface area contributed by atoms with E-state index in [2.05, 4.69) is 5.32 Å². The monoisotopic (exact) mass is 278 g/mol. The van der Waals surface area contributed by atoms with E-state index in [4.69, 9.17) is 5.26 Å². The van der Waals surface area contributed by atoms with Gasteiger partial charge in [0.05, 0.1) is 23.1 Å². The van der Waals surface area contributed by atoms with Crippen LogP contribution in [0.1, 0.15) is 11.1 Å². The van der Waals surface area contributed by atoms with Gasteiger partial charge in [0, 0.05) is 5.69 Å². The van der Waals surface area contributed by atoms with Crippen molar-refractivity contribution in [3.8, 4) is 6.07 Å². The highest BCUT2D eigenvalue weighted by atomic mass is 19.4. The molecule has 1 N–H and O–H groups in total. The molecule has 1 amide bonds. The van der Waals surface area contributed by atoms with E-state index >= 15 is 0 Å². The Bertz CT molecular complexity index is 627. The number of amides is 1. The molecule has 1 aromatic carbocycles. The molecule has 0 aromatic heterocycles. The van der Waals surface area contributed by atoms with Crippen LogP contribution < -0.4 is 5.32 Å². The molecule has 0 radical (unpaired) electrons. The van der Waals surface area contributed by atoms with Gasteiger partial charge in [-0.25, -0.2) is 0 Å². The van der Waals surface area contributed by atoms with Crippen molar-refractivity contribution in [3.63, 3.8) is 0 Å². The second kappa shape index (κ2) is 5.21. The highest BCUT2D eigenvalue weighted by molar-refractivity contribution is 5.95. The van der Waals surface area contributed by atoms with Gasteiger partial charge in [-0.15, -0.1) is 0 Å². The summed E-state index contributed by atoms with van der Waals surface area (Å²) < 4.78 is 38.3. The van der Waals surface area contributed by atoms with E-state index in [9.17, 15) is 18.0 Å². The molecule has 0 aliphatic heterocycles. The topological polar surface area (TPSA) is 52.9 Å². The molecule has 0 unspecified atom stereocenters. The fourth-order valence-corrected chi connectivity index (χ4v) is 1.79. The first-order chi connectivity index (χ1) is 9.41. The van der Waals surface area contributed by atoms with Crippen molar-refractivity contribution in [2.45, 2.75) is 6.18 Å². The molecule has 0 atom stereocenters. The Balaban J connectivity index is 2.26. The summed E-state index contributed by atoms with van der Waals surface area (Å²) >= 11 is 0. The smallest absolute Gasteiger partial charge is 0.325 e. The average Bonchev–Trinajstić information content (AvgIpc) is 2.91. The normalized spacial score (nSPS) is 14.3. The van der Waals surface area contributed by atoms with Crippen LogP contribution in [0.3, 0.4) is 0 Å². The van der Waals surface area contributed by atoms with Crippen molar-refractivity contribution in [1.29, 1.82) is 5.26 Å². The minimum absolute atomic E-state index is 0.00928. The fourth-order valence-electron chi connectivity index (χ4n) is 1.79. The number of alkyl halides is 3. The predicted molar refractivity (Wildman–Crippen MR) is 66.6 cm³/mol. The number of nitrogens with one attached hydrogen (secondary N) is 1. The first-order valence-corrected chi connectivity index (χ1v) is 5.69.